The van der Waals surface area contributed by atoms with Gasteiger partial charge in [0.2, 0.25) is 0 Å². The fourth-order valence-electron chi connectivity index (χ4n) is 2.59. The summed E-state index contributed by atoms with van der Waals surface area (Å²) >= 11 is 0. The van der Waals surface area contributed by atoms with Crippen LogP contribution in [0.25, 0.3) is 22.2 Å². The van der Waals surface area contributed by atoms with Gasteiger partial charge in [-0.1, -0.05) is 24.3 Å². The molecule has 0 fully saturated rings. The number of aromatic nitrogens is 4. The second-order valence-electron chi connectivity index (χ2n) is 5.67. The van der Waals surface area contributed by atoms with Crippen LogP contribution < -0.4 is 10.9 Å². The monoisotopic (exact) mass is 355 g/mol. The van der Waals surface area contributed by atoms with Gasteiger partial charge in [-0.3, -0.25) is 20.7 Å². The molecular formula is C19H13N7O. The maximum Gasteiger partial charge on any atom is 0.287 e. The Hall–Kier alpha value is -4.25. The van der Waals surface area contributed by atoms with Crippen molar-refractivity contribution in [2.75, 3.05) is 5.43 Å². The predicted octanol–water partition coefficient (Wildman–Crippen LogP) is 2.65. The van der Waals surface area contributed by atoms with Gasteiger partial charge in [-0.2, -0.15) is 10.4 Å². The number of amides is 1. The molecule has 0 saturated carbocycles. The number of nitrogens with zero attached hydrogens (tertiary/aromatic N) is 4. The summed E-state index contributed by atoms with van der Waals surface area (Å²) in [5.74, 6) is 0.117. The average molecular weight is 355 g/mol. The molecular weight excluding hydrogens is 342 g/mol. The molecule has 0 aliphatic rings. The highest BCUT2D eigenvalue weighted by Gasteiger charge is 2.12. The highest BCUT2D eigenvalue weighted by atomic mass is 16.2. The molecule has 0 atom stereocenters. The third kappa shape index (κ3) is 3.29. The number of nitriles is 1. The molecule has 8 nitrogen and oxygen atoms in total. The van der Waals surface area contributed by atoms with Crippen molar-refractivity contribution in [2.45, 2.75) is 0 Å². The Bertz CT molecular complexity index is 1150. The summed E-state index contributed by atoms with van der Waals surface area (Å²) < 4.78 is 0. The van der Waals surface area contributed by atoms with Crippen LogP contribution in [0.5, 0.6) is 0 Å². The van der Waals surface area contributed by atoms with Crippen LogP contribution in [0.2, 0.25) is 0 Å². The molecule has 0 saturated heterocycles. The molecule has 130 valence electrons. The molecule has 3 N–H and O–H groups in total. The van der Waals surface area contributed by atoms with E-state index in [0.717, 1.165) is 16.5 Å². The van der Waals surface area contributed by atoms with E-state index in [1.165, 1.54) is 6.33 Å². The summed E-state index contributed by atoms with van der Waals surface area (Å²) in [6, 6.07) is 18.1. The zero-order valence-corrected chi connectivity index (χ0v) is 14.0. The highest BCUT2D eigenvalue weighted by molar-refractivity contribution is 5.95. The van der Waals surface area contributed by atoms with Gasteiger partial charge in [0.1, 0.15) is 12.0 Å². The fraction of sp³-hybridized carbons (Fsp3) is 0. The first-order valence-electron chi connectivity index (χ1n) is 8.06. The topological polar surface area (TPSA) is 119 Å². The summed E-state index contributed by atoms with van der Waals surface area (Å²) in [5, 5.41) is 16.5. The van der Waals surface area contributed by atoms with Gasteiger partial charge < -0.3 is 0 Å². The van der Waals surface area contributed by atoms with Crippen molar-refractivity contribution in [3.8, 4) is 17.3 Å². The lowest BCUT2D eigenvalue weighted by Gasteiger charge is -2.08. The minimum atomic E-state index is -0.384. The number of hydrogen-bond donors (Lipinski definition) is 3. The molecule has 0 radical (unpaired) electrons. The number of anilines is 1. The van der Waals surface area contributed by atoms with Crippen LogP contribution in [0, 0.1) is 11.3 Å². The number of hydrazine groups is 1. The third-order valence-electron chi connectivity index (χ3n) is 3.97. The van der Waals surface area contributed by atoms with Crippen molar-refractivity contribution in [1.82, 2.24) is 25.6 Å². The molecule has 0 spiro atoms. The first-order chi connectivity index (χ1) is 13.2. The first kappa shape index (κ1) is 16.2. The Morgan fingerprint density at radius 2 is 1.89 bits per heavy atom. The van der Waals surface area contributed by atoms with E-state index >= 15 is 0 Å². The number of aromatic amines is 1. The van der Waals surface area contributed by atoms with Crippen LogP contribution in [0.4, 0.5) is 5.82 Å². The SMILES string of the molecule is N#Cc1ccc(-c2cc(C(=O)NNc3ncnc4ccccc34)[nH]n2)cc1. The van der Waals surface area contributed by atoms with E-state index in [2.05, 4.69) is 37.1 Å². The van der Waals surface area contributed by atoms with Gasteiger partial charge in [0.15, 0.2) is 5.82 Å². The zero-order valence-electron chi connectivity index (χ0n) is 14.0. The predicted molar refractivity (Wildman–Crippen MR) is 99.4 cm³/mol. The van der Waals surface area contributed by atoms with Crippen molar-refractivity contribution < 1.29 is 4.79 Å². The van der Waals surface area contributed by atoms with Crippen LogP contribution in [0.3, 0.4) is 0 Å². The lowest BCUT2D eigenvalue weighted by Crippen LogP contribution is -2.30. The molecule has 0 unspecified atom stereocenters. The molecule has 0 aliphatic carbocycles. The summed E-state index contributed by atoms with van der Waals surface area (Å²) in [6.45, 7) is 0. The number of carbonyl (C=O) groups is 1. The number of nitrogens with one attached hydrogen (secondary N) is 3. The fourth-order valence-corrected chi connectivity index (χ4v) is 2.59. The van der Waals surface area contributed by atoms with Gasteiger partial charge in [0.05, 0.1) is 22.8 Å². The Kier molecular flexibility index (Phi) is 4.17. The number of rotatable bonds is 4. The van der Waals surface area contributed by atoms with Gasteiger partial charge in [-0.15, -0.1) is 0 Å². The normalized spacial score (nSPS) is 10.3. The minimum absolute atomic E-state index is 0.292. The average Bonchev–Trinajstić information content (AvgIpc) is 3.22. The summed E-state index contributed by atoms with van der Waals surface area (Å²) in [7, 11) is 0. The molecule has 2 aromatic heterocycles. The number of hydrogen-bond acceptors (Lipinski definition) is 6. The van der Waals surface area contributed by atoms with E-state index in [1.807, 2.05) is 24.3 Å². The summed E-state index contributed by atoms with van der Waals surface area (Å²) in [6.07, 6.45) is 1.43. The van der Waals surface area contributed by atoms with Gasteiger partial charge in [0, 0.05) is 10.9 Å². The maximum atomic E-state index is 12.4. The second kappa shape index (κ2) is 6.93. The molecule has 0 aliphatic heterocycles. The number of fused-ring (bicyclic) bond motifs is 1. The van der Waals surface area contributed by atoms with E-state index in [4.69, 9.17) is 5.26 Å². The van der Waals surface area contributed by atoms with Crippen molar-refractivity contribution >= 4 is 22.6 Å². The Morgan fingerprint density at radius 1 is 1.07 bits per heavy atom. The van der Waals surface area contributed by atoms with Crippen LogP contribution >= 0.6 is 0 Å². The van der Waals surface area contributed by atoms with Crippen LogP contribution in [0.15, 0.2) is 60.9 Å². The van der Waals surface area contributed by atoms with Crippen molar-refractivity contribution in [1.29, 1.82) is 5.26 Å². The lowest BCUT2D eigenvalue weighted by molar-refractivity contribution is 0.0957. The van der Waals surface area contributed by atoms with E-state index in [9.17, 15) is 4.79 Å². The molecule has 2 aromatic carbocycles. The first-order valence-corrected chi connectivity index (χ1v) is 8.06. The number of carbonyl (C=O) groups excluding carboxylic acids is 1. The molecule has 8 heteroatoms. The van der Waals surface area contributed by atoms with Crippen molar-refractivity contribution in [3.63, 3.8) is 0 Å². The molecule has 4 aromatic rings. The van der Waals surface area contributed by atoms with Crippen molar-refractivity contribution in [2.24, 2.45) is 0 Å². The Balaban J connectivity index is 1.49. The van der Waals surface area contributed by atoms with Gasteiger partial charge in [-0.25, -0.2) is 9.97 Å². The smallest absolute Gasteiger partial charge is 0.281 e. The number of para-hydroxylation sites is 1. The molecule has 1 amide bonds. The van der Waals surface area contributed by atoms with Crippen LogP contribution in [0.1, 0.15) is 16.1 Å². The van der Waals surface area contributed by atoms with Gasteiger partial charge in [0.25, 0.3) is 5.91 Å². The van der Waals surface area contributed by atoms with Crippen LogP contribution in [-0.2, 0) is 0 Å². The van der Waals surface area contributed by atoms with Crippen molar-refractivity contribution in [3.05, 3.63) is 72.2 Å². The standard InChI is InChI=1S/C19H13N7O/c20-10-12-5-7-13(8-6-12)16-9-17(24-23-16)19(27)26-25-18-14-3-1-2-4-15(14)21-11-22-18/h1-9,11H,(H,23,24)(H,26,27)(H,21,22,25). The highest BCUT2D eigenvalue weighted by Crippen LogP contribution is 2.19. The summed E-state index contributed by atoms with van der Waals surface area (Å²) in [5.41, 5.74) is 8.45. The Morgan fingerprint density at radius 3 is 2.70 bits per heavy atom. The molecule has 0 bridgehead atoms. The molecule has 2 heterocycles. The zero-order chi connectivity index (χ0) is 18.6. The Labute approximate surface area is 153 Å². The molecule has 27 heavy (non-hydrogen) atoms. The number of H-pyrrole nitrogens is 1. The largest absolute Gasteiger partial charge is 0.287 e. The third-order valence-corrected chi connectivity index (χ3v) is 3.97. The van der Waals surface area contributed by atoms with Crippen LogP contribution in [-0.4, -0.2) is 26.1 Å². The molecule has 4 rings (SSSR count). The minimum Gasteiger partial charge on any atom is -0.281 e. The quantitative estimate of drug-likeness (QED) is 0.484. The second-order valence-corrected chi connectivity index (χ2v) is 5.67. The van der Waals surface area contributed by atoms with E-state index in [0.29, 0.717) is 22.8 Å². The number of benzene rings is 2. The van der Waals surface area contributed by atoms with E-state index in [1.54, 1.807) is 30.3 Å². The summed E-state index contributed by atoms with van der Waals surface area (Å²) in [4.78, 5) is 20.7. The van der Waals surface area contributed by atoms with Gasteiger partial charge >= 0.3 is 0 Å². The maximum absolute atomic E-state index is 12.4. The van der Waals surface area contributed by atoms with E-state index in [-0.39, 0.29) is 5.91 Å². The van der Waals surface area contributed by atoms with Gasteiger partial charge in [-0.05, 0) is 30.3 Å². The lowest BCUT2D eigenvalue weighted by atomic mass is 10.1. The van der Waals surface area contributed by atoms with E-state index < -0.39 is 0 Å².